The van der Waals surface area contributed by atoms with Crippen molar-refractivity contribution in [3.63, 3.8) is 0 Å². The molecule has 0 atom stereocenters. The Labute approximate surface area is 177 Å². The zero-order chi connectivity index (χ0) is 21.1. The SMILES string of the molecule is CCC(=O)N(CC(=O)N1CCN(c2ccc(-c3ccc(C)cc3)nn2)CC1)C1CC1. The van der Waals surface area contributed by atoms with E-state index in [0.717, 1.165) is 43.0 Å². The van der Waals surface area contributed by atoms with Crippen molar-refractivity contribution in [1.29, 1.82) is 0 Å². The van der Waals surface area contributed by atoms with Gasteiger partial charge < -0.3 is 14.7 Å². The second-order valence-electron chi connectivity index (χ2n) is 8.12. The Morgan fingerprint density at radius 1 is 1.00 bits per heavy atom. The molecule has 1 aromatic heterocycles. The quantitative estimate of drug-likeness (QED) is 0.736. The fraction of sp³-hybridized carbons (Fsp3) is 0.478. The van der Waals surface area contributed by atoms with E-state index in [4.69, 9.17) is 0 Å². The van der Waals surface area contributed by atoms with Gasteiger partial charge in [0, 0.05) is 44.2 Å². The van der Waals surface area contributed by atoms with E-state index < -0.39 is 0 Å². The van der Waals surface area contributed by atoms with E-state index >= 15 is 0 Å². The highest BCUT2D eigenvalue weighted by Crippen LogP contribution is 2.27. The fourth-order valence-electron chi connectivity index (χ4n) is 3.81. The lowest BCUT2D eigenvalue weighted by Crippen LogP contribution is -2.52. The summed E-state index contributed by atoms with van der Waals surface area (Å²) in [6, 6.07) is 12.5. The van der Waals surface area contributed by atoms with Crippen LogP contribution in [0.1, 0.15) is 31.7 Å². The zero-order valence-electron chi connectivity index (χ0n) is 17.8. The summed E-state index contributed by atoms with van der Waals surface area (Å²) in [7, 11) is 0. The Morgan fingerprint density at radius 3 is 2.27 bits per heavy atom. The summed E-state index contributed by atoms with van der Waals surface area (Å²) < 4.78 is 0. The summed E-state index contributed by atoms with van der Waals surface area (Å²) in [6.45, 7) is 6.84. The molecule has 1 aromatic carbocycles. The van der Waals surface area contributed by atoms with Crippen LogP contribution in [0.25, 0.3) is 11.3 Å². The Bertz CT molecular complexity index is 885. The third-order valence-electron chi connectivity index (χ3n) is 5.87. The van der Waals surface area contributed by atoms with Crippen LogP contribution in [0.3, 0.4) is 0 Å². The van der Waals surface area contributed by atoms with Crippen molar-refractivity contribution >= 4 is 17.6 Å². The molecule has 0 N–H and O–H groups in total. The van der Waals surface area contributed by atoms with Gasteiger partial charge in [0.1, 0.15) is 6.54 Å². The molecule has 2 aliphatic rings. The molecule has 2 fully saturated rings. The number of carbonyl (C=O) groups is 2. The molecule has 0 radical (unpaired) electrons. The summed E-state index contributed by atoms with van der Waals surface area (Å²) in [6.07, 6.45) is 2.49. The van der Waals surface area contributed by atoms with Gasteiger partial charge in [-0.3, -0.25) is 9.59 Å². The Kier molecular flexibility index (Phi) is 5.97. The fourth-order valence-corrected chi connectivity index (χ4v) is 3.81. The summed E-state index contributed by atoms with van der Waals surface area (Å²) in [5.74, 6) is 0.955. The minimum Gasteiger partial charge on any atom is -0.352 e. The van der Waals surface area contributed by atoms with Gasteiger partial charge in [-0.15, -0.1) is 10.2 Å². The van der Waals surface area contributed by atoms with E-state index in [1.807, 2.05) is 24.0 Å². The van der Waals surface area contributed by atoms with Gasteiger partial charge in [0.2, 0.25) is 11.8 Å². The van der Waals surface area contributed by atoms with Crippen LogP contribution < -0.4 is 4.90 Å². The minimum absolute atomic E-state index is 0.0455. The Hall–Kier alpha value is -2.96. The summed E-state index contributed by atoms with van der Waals surface area (Å²) in [5.41, 5.74) is 3.13. The number of amides is 2. The molecule has 0 unspecified atom stereocenters. The van der Waals surface area contributed by atoms with E-state index in [2.05, 4.69) is 46.3 Å². The van der Waals surface area contributed by atoms with Gasteiger partial charge in [-0.25, -0.2) is 0 Å². The summed E-state index contributed by atoms with van der Waals surface area (Å²) in [4.78, 5) is 30.6. The molecule has 1 saturated carbocycles. The van der Waals surface area contributed by atoms with E-state index in [0.29, 0.717) is 19.5 Å². The maximum Gasteiger partial charge on any atom is 0.242 e. The summed E-state index contributed by atoms with van der Waals surface area (Å²) >= 11 is 0. The van der Waals surface area contributed by atoms with E-state index in [-0.39, 0.29) is 24.4 Å². The lowest BCUT2D eigenvalue weighted by Gasteiger charge is -2.36. The molecule has 4 rings (SSSR count). The number of benzene rings is 1. The second kappa shape index (κ2) is 8.81. The molecular weight excluding hydrogens is 378 g/mol. The third-order valence-corrected chi connectivity index (χ3v) is 5.87. The van der Waals surface area contributed by atoms with Gasteiger partial charge in [-0.2, -0.15) is 0 Å². The normalized spacial score (nSPS) is 16.5. The van der Waals surface area contributed by atoms with Crippen molar-refractivity contribution in [2.45, 2.75) is 39.2 Å². The Morgan fingerprint density at radius 2 is 1.70 bits per heavy atom. The molecule has 158 valence electrons. The minimum atomic E-state index is 0.0455. The first-order chi connectivity index (χ1) is 14.5. The second-order valence-corrected chi connectivity index (χ2v) is 8.12. The highest BCUT2D eigenvalue weighted by Gasteiger charge is 2.34. The first-order valence-corrected chi connectivity index (χ1v) is 10.8. The monoisotopic (exact) mass is 407 g/mol. The van der Waals surface area contributed by atoms with Crippen molar-refractivity contribution in [3.05, 3.63) is 42.0 Å². The maximum atomic E-state index is 12.7. The molecule has 1 saturated heterocycles. The van der Waals surface area contributed by atoms with Crippen LogP contribution in [0.5, 0.6) is 0 Å². The molecule has 2 aromatic rings. The molecular formula is C23H29N5O2. The Balaban J connectivity index is 1.32. The molecule has 1 aliphatic carbocycles. The number of aromatic nitrogens is 2. The van der Waals surface area contributed by atoms with Crippen LogP contribution in [-0.2, 0) is 9.59 Å². The van der Waals surface area contributed by atoms with Crippen molar-refractivity contribution < 1.29 is 9.59 Å². The number of piperazine rings is 1. The average Bonchev–Trinajstić information content (AvgIpc) is 3.63. The number of carbonyl (C=O) groups excluding carboxylic acids is 2. The molecule has 0 bridgehead atoms. The van der Waals surface area contributed by atoms with E-state index in [1.165, 1.54) is 5.56 Å². The van der Waals surface area contributed by atoms with Gasteiger partial charge in [-0.1, -0.05) is 36.8 Å². The average molecular weight is 408 g/mol. The predicted molar refractivity (Wildman–Crippen MR) is 116 cm³/mol. The molecule has 0 spiro atoms. The van der Waals surface area contributed by atoms with Gasteiger partial charge in [0.25, 0.3) is 0 Å². The molecule has 30 heavy (non-hydrogen) atoms. The number of nitrogens with zero attached hydrogens (tertiary/aromatic N) is 5. The standard InChI is InChI=1S/C23H29N5O2/c1-3-22(29)28(19-8-9-19)16-23(30)27-14-12-26(13-15-27)21-11-10-20(24-25-21)18-6-4-17(2)5-7-18/h4-7,10-11,19H,3,8-9,12-16H2,1-2H3. The smallest absolute Gasteiger partial charge is 0.242 e. The topological polar surface area (TPSA) is 69.6 Å². The van der Waals surface area contributed by atoms with Crippen LogP contribution in [0, 0.1) is 6.92 Å². The number of aryl methyl sites for hydroxylation is 1. The maximum absolute atomic E-state index is 12.7. The molecule has 2 heterocycles. The van der Waals surface area contributed by atoms with Crippen LogP contribution >= 0.6 is 0 Å². The van der Waals surface area contributed by atoms with E-state index in [1.54, 1.807) is 4.90 Å². The summed E-state index contributed by atoms with van der Waals surface area (Å²) in [5, 5.41) is 8.79. The molecule has 7 heteroatoms. The van der Waals surface area contributed by atoms with Crippen molar-refractivity contribution in [3.8, 4) is 11.3 Å². The van der Waals surface area contributed by atoms with Crippen molar-refractivity contribution in [2.75, 3.05) is 37.6 Å². The van der Waals surface area contributed by atoms with Crippen LogP contribution in [0.2, 0.25) is 0 Å². The van der Waals surface area contributed by atoms with Gasteiger partial charge in [0.05, 0.1) is 5.69 Å². The number of hydrogen-bond acceptors (Lipinski definition) is 5. The van der Waals surface area contributed by atoms with Gasteiger partial charge in [0.15, 0.2) is 5.82 Å². The third kappa shape index (κ3) is 4.61. The number of rotatable bonds is 6. The highest BCUT2D eigenvalue weighted by molar-refractivity contribution is 5.85. The molecule has 2 amide bonds. The zero-order valence-corrected chi connectivity index (χ0v) is 17.8. The lowest BCUT2D eigenvalue weighted by molar-refractivity contribution is -0.141. The van der Waals surface area contributed by atoms with Crippen LogP contribution in [0.15, 0.2) is 36.4 Å². The molecule has 1 aliphatic heterocycles. The molecule has 7 nitrogen and oxygen atoms in total. The predicted octanol–water partition coefficient (Wildman–Crippen LogP) is 2.50. The van der Waals surface area contributed by atoms with Crippen molar-refractivity contribution in [1.82, 2.24) is 20.0 Å². The largest absolute Gasteiger partial charge is 0.352 e. The van der Waals surface area contributed by atoms with Crippen molar-refractivity contribution in [2.24, 2.45) is 0 Å². The van der Waals surface area contributed by atoms with Crippen LogP contribution in [0.4, 0.5) is 5.82 Å². The number of anilines is 1. The van der Waals surface area contributed by atoms with Gasteiger partial charge >= 0.3 is 0 Å². The highest BCUT2D eigenvalue weighted by atomic mass is 16.2. The van der Waals surface area contributed by atoms with Crippen LogP contribution in [-0.4, -0.2) is 70.6 Å². The first kappa shape index (κ1) is 20.3. The van der Waals surface area contributed by atoms with Gasteiger partial charge in [-0.05, 0) is 31.9 Å². The van der Waals surface area contributed by atoms with E-state index in [9.17, 15) is 9.59 Å². The first-order valence-electron chi connectivity index (χ1n) is 10.8. The number of hydrogen-bond donors (Lipinski definition) is 0. The lowest BCUT2D eigenvalue weighted by atomic mass is 10.1.